The van der Waals surface area contributed by atoms with Gasteiger partial charge in [-0.2, -0.15) is 30.3 Å². The topological polar surface area (TPSA) is 170 Å². The summed E-state index contributed by atoms with van der Waals surface area (Å²) in [5.74, 6) is 0. The smallest absolute Gasteiger partial charge is 0.754 e. The van der Waals surface area contributed by atoms with Crippen LogP contribution >= 0.6 is 0 Å². The maximum absolute atomic E-state index is 10.4. The molecule has 0 unspecified atom stereocenters. The Bertz CT molecular complexity index is 937. The molecule has 2 aromatic rings. The Morgan fingerprint density at radius 3 is 1.16 bits per heavy atom. The molecule has 2 aromatic carbocycles. The maximum Gasteiger partial charge on any atom is 2.00 e. The van der Waals surface area contributed by atoms with E-state index in [1.54, 1.807) is 0 Å². The van der Waals surface area contributed by atoms with E-state index in [9.17, 15) is 25.9 Å². The first-order valence-electron chi connectivity index (χ1n) is 17.0. The van der Waals surface area contributed by atoms with E-state index < -0.39 is 30.0 Å². The molecule has 0 aromatic heterocycles. The van der Waals surface area contributed by atoms with E-state index in [0.717, 1.165) is 31.3 Å². The summed E-state index contributed by atoms with van der Waals surface area (Å²) in [6, 6.07) is 12.6. The van der Waals surface area contributed by atoms with Gasteiger partial charge in [-0.1, -0.05) is 117 Å². The second-order valence-electron chi connectivity index (χ2n) is 11.2. The second kappa shape index (κ2) is 34.3. The molecule has 0 atom stereocenters. The van der Waals surface area contributed by atoms with Crippen LogP contribution in [0.25, 0.3) is 0 Å². The predicted octanol–water partition coefficient (Wildman–Crippen LogP) is 6.92. The summed E-state index contributed by atoms with van der Waals surface area (Å²) < 4.78 is 62.4. The SMILES string of the molecule is CCCCCCCCCCCC[NH3+].CCCCCCCCCCCC[NH3+].O=S(=O)([O-])c1ccc[c-]1S(=O)(=O)[O-].[Fe+2].c1cc[cH-]c1. The molecule has 0 amide bonds. The van der Waals surface area contributed by atoms with E-state index in [1.165, 1.54) is 128 Å². The predicted molar refractivity (Wildman–Crippen MR) is 179 cm³/mol. The Morgan fingerprint density at radius 2 is 0.933 bits per heavy atom. The van der Waals surface area contributed by atoms with E-state index in [0.29, 0.717) is 0 Å². The van der Waals surface area contributed by atoms with Gasteiger partial charge < -0.3 is 20.6 Å². The van der Waals surface area contributed by atoms with Crippen molar-refractivity contribution >= 4 is 20.2 Å². The Labute approximate surface area is 287 Å². The fraction of sp³-hybridized carbons (Fsp3) is 0.706. The molecule has 0 aliphatic heterocycles. The normalized spacial score (nSPS) is 10.8. The molecule has 0 heterocycles. The van der Waals surface area contributed by atoms with Gasteiger partial charge in [0, 0.05) is 0 Å². The third kappa shape index (κ3) is 34.1. The van der Waals surface area contributed by atoms with Gasteiger partial charge >= 0.3 is 17.1 Å². The van der Waals surface area contributed by atoms with Crippen LogP contribution in [0.4, 0.5) is 0 Å². The molecule has 0 radical (unpaired) electrons. The molecule has 0 bridgehead atoms. The minimum Gasteiger partial charge on any atom is -0.754 e. The second-order valence-corrected chi connectivity index (χ2v) is 13.9. The summed E-state index contributed by atoms with van der Waals surface area (Å²) in [7, 11) is -9.80. The zero-order valence-corrected chi connectivity index (χ0v) is 30.9. The monoisotopic (exact) mass is 716 g/mol. The molecule has 0 saturated carbocycles. The molecule has 0 spiro atoms. The van der Waals surface area contributed by atoms with Crippen LogP contribution in [-0.4, -0.2) is 39.0 Å². The first-order chi connectivity index (χ1) is 21.1. The van der Waals surface area contributed by atoms with Gasteiger partial charge in [0.25, 0.3) is 0 Å². The molecule has 6 N–H and O–H groups in total. The number of hydrogen-bond donors (Lipinski definition) is 2. The molecular formula is C34H64FeN2O6S2. The largest absolute Gasteiger partial charge is 2.00 e. The van der Waals surface area contributed by atoms with Crippen LogP contribution in [0.1, 0.15) is 142 Å². The fourth-order valence-corrected chi connectivity index (χ4v) is 6.18. The first-order valence-corrected chi connectivity index (χ1v) is 19.8. The van der Waals surface area contributed by atoms with Gasteiger partial charge in [0.1, 0.15) is 10.1 Å². The molecule has 45 heavy (non-hydrogen) atoms. The van der Waals surface area contributed by atoms with Crippen molar-refractivity contribution in [1.82, 2.24) is 0 Å². The Morgan fingerprint density at radius 1 is 0.600 bits per heavy atom. The third-order valence-corrected chi connectivity index (χ3v) is 8.96. The van der Waals surface area contributed by atoms with Gasteiger partial charge in [-0.15, -0.1) is 0 Å². The first kappa shape index (κ1) is 48.4. The van der Waals surface area contributed by atoms with E-state index in [2.05, 4.69) is 25.3 Å². The molecule has 0 aliphatic carbocycles. The van der Waals surface area contributed by atoms with Crippen molar-refractivity contribution in [2.45, 2.75) is 152 Å². The number of quaternary nitrogens is 2. The molecule has 0 saturated heterocycles. The summed E-state index contributed by atoms with van der Waals surface area (Å²) in [4.78, 5) is -2.00. The van der Waals surface area contributed by atoms with Crippen LogP contribution in [0.15, 0.2) is 58.3 Å². The minimum atomic E-state index is -4.90. The van der Waals surface area contributed by atoms with Gasteiger partial charge in [0.05, 0.1) is 23.2 Å². The van der Waals surface area contributed by atoms with E-state index in [1.807, 2.05) is 30.3 Å². The van der Waals surface area contributed by atoms with Gasteiger partial charge in [0.2, 0.25) is 0 Å². The molecular weight excluding hydrogens is 652 g/mol. The van der Waals surface area contributed by atoms with Gasteiger partial charge in [-0.25, -0.2) is 26.6 Å². The quantitative estimate of drug-likeness (QED) is 0.0580. The van der Waals surface area contributed by atoms with Crippen LogP contribution in [0.3, 0.4) is 0 Å². The molecule has 0 fully saturated rings. The van der Waals surface area contributed by atoms with Crippen molar-refractivity contribution < 1.29 is 54.5 Å². The minimum absolute atomic E-state index is 0. The van der Waals surface area contributed by atoms with E-state index in [-0.39, 0.29) is 17.1 Å². The average molecular weight is 717 g/mol. The van der Waals surface area contributed by atoms with Gasteiger partial charge in [-0.3, -0.25) is 8.42 Å². The van der Waals surface area contributed by atoms with Gasteiger partial charge in [0.15, 0.2) is 0 Å². The zero-order chi connectivity index (χ0) is 33.4. The Balaban J connectivity index is -0.000000538. The number of unbranched alkanes of at least 4 members (excludes halogenated alkanes) is 18. The summed E-state index contributed by atoms with van der Waals surface area (Å²) in [5.41, 5.74) is 7.71. The van der Waals surface area contributed by atoms with Crippen molar-refractivity contribution in [2.75, 3.05) is 13.1 Å². The summed E-state index contributed by atoms with van der Waals surface area (Å²) in [6.07, 6.45) is 28.5. The summed E-state index contributed by atoms with van der Waals surface area (Å²) in [5, 5.41) is 0. The van der Waals surface area contributed by atoms with Crippen LogP contribution in [0.2, 0.25) is 0 Å². The summed E-state index contributed by atoms with van der Waals surface area (Å²) >= 11 is 0. The standard InChI is InChI=1S/2C12H27N.C5H5O6S2.C5H5.Fe/c2*1-2-3-4-5-6-7-8-9-10-11-12-13;6-12(7,8)4-2-1-3-5(4)13(9,10)11;1-2-4-5-3-1;/h2*2-13H2,1H3;1-3H,(H,6,7,8)(H,9,10,11);1-5H;/q;;2*-1;+2. The van der Waals surface area contributed by atoms with Crippen molar-refractivity contribution in [3.05, 3.63) is 48.5 Å². The van der Waals surface area contributed by atoms with E-state index >= 15 is 0 Å². The molecule has 8 nitrogen and oxygen atoms in total. The van der Waals surface area contributed by atoms with E-state index in [4.69, 9.17) is 0 Å². The number of hydrogen-bond acceptors (Lipinski definition) is 6. The molecule has 2 rings (SSSR count). The fourth-order valence-electron chi connectivity index (χ4n) is 4.45. The van der Waals surface area contributed by atoms with Crippen molar-refractivity contribution in [3.8, 4) is 0 Å². The maximum atomic E-state index is 10.4. The Kier molecular flexibility index (Phi) is 36.9. The average Bonchev–Trinajstić information content (AvgIpc) is 3.72. The van der Waals surface area contributed by atoms with Crippen molar-refractivity contribution in [2.24, 2.45) is 0 Å². The third-order valence-electron chi connectivity index (χ3n) is 7.04. The van der Waals surface area contributed by atoms with Crippen molar-refractivity contribution in [3.63, 3.8) is 0 Å². The van der Waals surface area contributed by atoms with Crippen LogP contribution in [0.5, 0.6) is 0 Å². The summed E-state index contributed by atoms with van der Waals surface area (Å²) in [6.45, 7) is 6.80. The molecule has 266 valence electrons. The van der Waals surface area contributed by atoms with Crippen molar-refractivity contribution in [1.29, 1.82) is 0 Å². The molecule has 0 aliphatic rings. The van der Waals surface area contributed by atoms with Crippen LogP contribution < -0.4 is 11.5 Å². The zero-order valence-electron chi connectivity index (χ0n) is 28.2. The van der Waals surface area contributed by atoms with Crippen LogP contribution in [0, 0.1) is 0 Å². The number of rotatable bonds is 22. The molecule has 11 heteroatoms. The Hall–Kier alpha value is -1.04. The van der Waals surface area contributed by atoms with Gasteiger partial charge in [-0.05, 0) is 35.5 Å². The van der Waals surface area contributed by atoms with Crippen LogP contribution in [-0.2, 0) is 37.3 Å².